The van der Waals surface area contributed by atoms with E-state index in [1.54, 1.807) is 0 Å². The highest BCUT2D eigenvalue weighted by atomic mass is 35.5. The van der Waals surface area contributed by atoms with E-state index in [1.807, 2.05) is 0 Å². The highest BCUT2D eigenvalue weighted by Crippen LogP contribution is 2.05. The average Bonchev–Trinajstić information content (AvgIpc) is 2.18. The van der Waals surface area contributed by atoms with E-state index in [-0.39, 0.29) is 24.2 Å². The van der Waals surface area contributed by atoms with Crippen molar-refractivity contribution in [3.63, 3.8) is 0 Å². The molecule has 0 radical (unpaired) electrons. The Hall–Kier alpha value is -1.40. The fourth-order valence-corrected chi connectivity index (χ4v) is 0.762. The van der Waals surface area contributed by atoms with Crippen molar-refractivity contribution in [1.82, 2.24) is 10.2 Å². The monoisotopic (exact) mass is 217 g/mol. The molecular formula is C7H8ClN3O3. The van der Waals surface area contributed by atoms with Crippen LogP contribution in [0.15, 0.2) is 12.1 Å². The van der Waals surface area contributed by atoms with Crippen molar-refractivity contribution < 1.29 is 14.6 Å². The third kappa shape index (κ3) is 3.55. The van der Waals surface area contributed by atoms with Gasteiger partial charge in [0.1, 0.15) is 6.61 Å². The molecule has 1 aromatic heterocycles. The van der Waals surface area contributed by atoms with Gasteiger partial charge in [-0.15, -0.1) is 10.2 Å². The van der Waals surface area contributed by atoms with Gasteiger partial charge >= 0.3 is 6.09 Å². The van der Waals surface area contributed by atoms with Crippen LogP contribution >= 0.6 is 11.6 Å². The third-order valence-electron chi connectivity index (χ3n) is 1.19. The molecule has 1 aromatic rings. The lowest BCUT2D eigenvalue weighted by atomic mass is 10.5. The van der Waals surface area contributed by atoms with Crippen LogP contribution in [0.1, 0.15) is 0 Å². The number of aromatic nitrogens is 2. The van der Waals surface area contributed by atoms with Gasteiger partial charge in [0.05, 0.1) is 6.61 Å². The van der Waals surface area contributed by atoms with Crippen molar-refractivity contribution in [2.24, 2.45) is 0 Å². The van der Waals surface area contributed by atoms with Crippen molar-refractivity contribution in [1.29, 1.82) is 0 Å². The largest absolute Gasteiger partial charge is 0.447 e. The van der Waals surface area contributed by atoms with Gasteiger partial charge in [-0.05, 0) is 12.1 Å². The molecule has 7 heteroatoms. The summed E-state index contributed by atoms with van der Waals surface area (Å²) in [5.41, 5.74) is 0. The fourth-order valence-electron chi connectivity index (χ4n) is 0.662. The van der Waals surface area contributed by atoms with E-state index in [1.165, 1.54) is 12.1 Å². The van der Waals surface area contributed by atoms with E-state index >= 15 is 0 Å². The number of nitrogens with one attached hydrogen (secondary N) is 1. The summed E-state index contributed by atoms with van der Waals surface area (Å²) in [7, 11) is 0. The number of rotatable bonds is 3. The van der Waals surface area contributed by atoms with Crippen LogP contribution in [0.5, 0.6) is 0 Å². The third-order valence-corrected chi connectivity index (χ3v) is 1.39. The number of carbonyl (C=O) groups is 1. The summed E-state index contributed by atoms with van der Waals surface area (Å²) in [5.74, 6) is 0.234. The minimum atomic E-state index is -0.698. The minimum Gasteiger partial charge on any atom is -0.447 e. The van der Waals surface area contributed by atoms with Gasteiger partial charge in [-0.25, -0.2) is 4.79 Å². The van der Waals surface area contributed by atoms with Crippen molar-refractivity contribution >= 4 is 23.5 Å². The smallest absolute Gasteiger partial charge is 0.412 e. The lowest BCUT2D eigenvalue weighted by Crippen LogP contribution is -2.16. The molecule has 0 saturated heterocycles. The van der Waals surface area contributed by atoms with Crippen molar-refractivity contribution in [3.8, 4) is 0 Å². The van der Waals surface area contributed by atoms with Gasteiger partial charge in [-0.3, -0.25) is 5.32 Å². The maximum Gasteiger partial charge on any atom is 0.412 e. The Balaban J connectivity index is 2.44. The zero-order valence-electron chi connectivity index (χ0n) is 7.11. The highest BCUT2D eigenvalue weighted by Gasteiger charge is 2.03. The summed E-state index contributed by atoms with van der Waals surface area (Å²) in [6.45, 7) is -0.285. The van der Waals surface area contributed by atoms with Gasteiger partial charge in [0, 0.05) is 0 Å². The number of anilines is 1. The number of hydrogen-bond donors (Lipinski definition) is 2. The first-order valence-corrected chi connectivity index (χ1v) is 4.14. The molecule has 0 aromatic carbocycles. The molecule has 76 valence electrons. The van der Waals surface area contributed by atoms with Gasteiger partial charge in [0.15, 0.2) is 11.0 Å². The van der Waals surface area contributed by atoms with Crippen molar-refractivity contribution in [3.05, 3.63) is 17.3 Å². The highest BCUT2D eigenvalue weighted by molar-refractivity contribution is 6.29. The zero-order chi connectivity index (χ0) is 10.4. The quantitative estimate of drug-likeness (QED) is 0.778. The zero-order valence-corrected chi connectivity index (χ0v) is 7.86. The number of carbonyl (C=O) groups excluding carboxylic acids is 1. The van der Waals surface area contributed by atoms with Crippen molar-refractivity contribution in [2.45, 2.75) is 0 Å². The molecule has 0 bridgehead atoms. The molecule has 0 unspecified atom stereocenters. The number of aliphatic hydroxyl groups excluding tert-OH is 1. The topological polar surface area (TPSA) is 84.3 Å². The van der Waals surface area contributed by atoms with Gasteiger partial charge in [0.25, 0.3) is 0 Å². The molecule has 0 atom stereocenters. The van der Waals surface area contributed by atoms with Crippen LogP contribution in [-0.4, -0.2) is 34.6 Å². The molecule has 14 heavy (non-hydrogen) atoms. The number of aliphatic hydroxyl groups is 1. The fraction of sp³-hybridized carbons (Fsp3) is 0.286. The SMILES string of the molecule is O=C(Nc1ccc(Cl)nn1)OCCO. The summed E-state index contributed by atoms with van der Waals surface area (Å²) in [6, 6.07) is 2.96. The Morgan fingerprint density at radius 3 is 2.93 bits per heavy atom. The van der Waals surface area contributed by atoms with Gasteiger partial charge in [-0.1, -0.05) is 11.6 Å². The molecule has 0 fully saturated rings. The molecule has 2 N–H and O–H groups in total. The minimum absolute atomic E-state index is 0.0626. The predicted molar refractivity (Wildman–Crippen MR) is 49.1 cm³/mol. The maximum absolute atomic E-state index is 10.9. The summed E-state index contributed by atoms with van der Waals surface area (Å²) in [5, 5.41) is 18.0. The number of amides is 1. The maximum atomic E-state index is 10.9. The van der Waals surface area contributed by atoms with Crippen LogP contribution in [0.25, 0.3) is 0 Å². The molecule has 6 nitrogen and oxygen atoms in total. The second-order valence-electron chi connectivity index (χ2n) is 2.23. The first kappa shape index (κ1) is 10.7. The number of nitrogens with zero attached hydrogens (tertiary/aromatic N) is 2. The Morgan fingerprint density at radius 2 is 2.36 bits per heavy atom. The van der Waals surface area contributed by atoms with E-state index in [0.29, 0.717) is 0 Å². The molecule has 1 amide bonds. The van der Waals surface area contributed by atoms with Gasteiger partial charge in [-0.2, -0.15) is 0 Å². The van der Waals surface area contributed by atoms with Crippen LogP contribution in [0.3, 0.4) is 0 Å². The second kappa shape index (κ2) is 5.36. The molecule has 0 aliphatic carbocycles. The lowest BCUT2D eigenvalue weighted by molar-refractivity contribution is 0.131. The van der Waals surface area contributed by atoms with E-state index in [9.17, 15) is 4.79 Å². The Bertz CT molecular complexity index is 304. The van der Waals surface area contributed by atoms with Crippen LogP contribution < -0.4 is 5.32 Å². The molecule has 0 saturated carbocycles. The van der Waals surface area contributed by atoms with Gasteiger partial charge in [0.2, 0.25) is 0 Å². The van der Waals surface area contributed by atoms with E-state index in [4.69, 9.17) is 16.7 Å². The lowest BCUT2D eigenvalue weighted by Gasteiger charge is -2.03. The van der Waals surface area contributed by atoms with Crippen LogP contribution in [0.2, 0.25) is 5.15 Å². The summed E-state index contributed by atoms with van der Waals surface area (Å²) >= 11 is 5.48. The van der Waals surface area contributed by atoms with Gasteiger partial charge < -0.3 is 9.84 Å². The first-order chi connectivity index (χ1) is 6.72. The van der Waals surface area contributed by atoms with E-state index in [2.05, 4.69) is 20.3 Å². The molecule has 1 heterocycles. The summed E-state index contributed by atoms with van der Waals surface area (Å²) in [4.78, 5) is 10.9. The van der Waals surface area contributed by atoms with E-state index in [0.717, 1.165) is 0 Å². The first-order valence-electron chi connectivity index (χ1n) is 3.76. The molecule has 0 aliphatic rings. The Morgan fingerprint density at radius 1 is 1.57 bits per heavy atom. The molecule has 0 aliphatic heterocycles. The standard InChI is InChI=1S/C7H8ClN3O3/c8-5-1-2-6(11-10-5)9-7(13)14-4-3-12/h1-2,12H,3-4H2,(H,9,11,13). The van der Waals surface area contributed by atoms with Crippen LogP contribution in [0.4, 0.5) is 10.6 Å². The number of ether oxygens (including phenoxy) is 1. The number of halogens is 1. The molecule has 1 rings (SSSR count). The normalized spacial score (nSPS) is 9.57. The Labute approximate surface area is 84.9 Å². The van der Waals surface area contributed by atoms with Crippen LogP contribution in [-0.2, 0) is 4.74 Å². The van der Waals surface area contributed by atoms with E-state index < -0.39 is 6.09 Å². The number of hydrogen-bond acceptors (Lipinski definition) is 5. The van der Waals surface area contributed by atoms with Crippen molar-refractivity contribution in [2.75, 3.05) is 18.5 Å². The average molecular weight is 218 g/mol. The molecular weight excluding hydrogens is 210 g/mol. The summed E-state index contributed by atoms with van der Waals surface area (Å²) < 4.78 is 4.52. The van der Waals surface area contributed by atoms with Crippen LogP contribution in [0, 0.1) is 0 Å². The predicted octanol–water partition coefficient (Wildman–Crippen LogP) is 0.671. The summed E-state index contributed by atoms with van der Waals surface area (Å²) in [6.07, 6.45) is -0.698. The second-order valence-corrected chi connectivity index (χ2v) is 2.61. The molecule has 0 spiro atoms. The Kier molecular flexibility index (Phi) is 4.09.